The molecule has 6 nitrogen and oxygen atoms in total. The largest absolute Gasteiger partial charge is 0.496 e. The molecule has 182 valence electrons. The Hall–Kier alpha value is -4.10. The fourth-order valence-electron chi connectivity index (χ4n) is 4.45. The van der Waals surface area contributed by atoms with E-state index >= 15 is 0 Å². The minimum Gasteiger partial charge on any atom is -0.496 e. The van der Waals surface area contributed by atoms with Gasteiger partial charge in [0, 0.05) is 33.1 Å². The number of methoxy groups -OCH3 is 1. The zero-order chi connectivity index (χ0) is 25.1. The van der Waals surface area contributed by atoms with Crippen molar-refractivity contribution in [3.05, 3.63) is 101 Å². The smallest absolute Gasteiger partial charge is 0.307 e. The quantitative estimate of drug-likeness (QED) is 0.257. The van der Waals surface area contributed by atoms with Gasteiger partial charge in [-0.05, 0) is 36.8 Å². The topological polar surface area (TPSA) is 73.6 Å². The number of nitrogens with zero attached hydrogens (tertiary/aromatic N) is 2. The fraction of sp³-hybridized carbons (Fsp3) is 0.172. The molecule has 2 heterocycles. The zero-order valence-corrected chi connectivity index (χ0v) is 20.9. The van der Waals surface area contributed by atoms with Crippen LogP contribution in [0.3, 0.4) is 0 Å². The number of ether oxygens (including phenoxy) is 2. The van der Waals surface area contributed by atoms with Gasteiger partial charge in [-0.15, -0.1) is 11.3 Å². The monoisotopic (exact) mass is 498 g/mol. The van der Waals surface area contributed by atoms with Crippen LogP contribution >= 0.6 is 11.3 Å². The second kappa shape index (κ2) is 10.3. The van der Waals surface area contributed by atoms with Gasteiger partial charge in [0.2, 0.25) is 0 Å². The van der Waals surface area contributed by atoms with Crippen LogP contribution in [0.15, 0.2) is 78.2 Å². The van der Waals surface area contributed by atoms with Crippen molar-refractivity contribution in [2.45, 2.75) is 26.5 Å². The van der Waals surface area contributed by atoms with E-state index in [1.807, 2.05) is 85.1 Å². The fourth-order valence-corrected chi connectivity index (χ4v) is 5.26. The van der Waals surface area contributed by atoms with E-state index in [4.69, 9.17) is 14.5 Å². The molecular weight excluding hydrogens is 472 g/mol. The number of carboxylic acid groups (broad SMARTS) is 1. The first-order valence-electron chi connectivity index (χ1n) is 11.6. The third kappa shape index (κ3) is 4.83. The van der Waals surface area contributed by atoms with Gasteiger partial charge in [0.25, 0.3) is 0 Å². The molecule has 0 saturated heterocycles. The van der Waals surface area contributed by atoms with Gasteiger partial charge in [0.15, 0.2) is 0 Å². The minimum absolute atomic E-state index is 0.0583. The van der Waals surface area contributed by atoms with Gasteiger partial charge in [0.1, 0.15) is 23.1 Å². The molecule has 2 aromatic heterocycles. The summed E-state index contributed by atoms with van der Waals surface area (Å²) in [4.78, 5) is 16.4. The molecule has 0 spiro atoms. The summed E-state index contributed by atoms with van der Waals surface area (Å²) in [7, 11) is 1.66. The molecule has 0 aliphatic carbocycles. The van der Waals surface area contributed by atoms with Crippen LogP contribution in [0, 0.1) is 6.92 Å². The Morgan fingerprint density at radius 2 is 1.83 bits per heavy atom. The lowest BCUT2D eigenvalue weighted by Gasteiger charge is -2.12. The van der Waals surface area contributed by atoms with Gasteiger partial charge in [-0.25, -0.2) is 4.98 Å². The van der Waals surface area contributed by atoms with Crippen molar-refractivity contribution in [3.8, 4) is 22.1 Å². The number of para-hydroxylation sites is 1. The molecular formula is C29H26N2O4S. The van der Waals surface area contributed by atoms with E-state index in [-0.39, 0.29) is 6.42 Å². The van der Waals surface area contributed by atoms with Crippen LogP contribution in [0.1, 0.15) is 22.5 Å². The van der Waals surface area contributed by atoms with E-state index in [0.29, 0.717) is 18.9 Å². The molecule has 0 aliphatic rings. The van der Waals surface area contributed by atoms with E-state index in [1.54, 1.807) is 18.4 Å². The summed E-state index contributed by atoms with van der Waals surface area (Å²) < 4.78 is 13.8. The van der Waals surface area contributed by atoms with Crippen LogP contribution in [0.5, 0.6) is 11.5 Å². The van der Waals surface area contributed by atoms with Crippen molar-refractivity contribution in [1.29, 1.82) is 0 Å². The molecule has 1 N–H and O–H groups in total. The number of carboxylic acids is 1. The Labute approximate surface area is 213 Å². The first kappa shape index (κ1) is 23.6. The first-order valence-corrected chi connectivity index (χ1v) is 12.5. The van der Waals surface area contributed by atoms with Crippen LogP contribution in [0.25, 0.3) is 21.5 Å². The second-order valence-corrected chi connectivity index (χ2v) is 9.37. The van der Waals surface area contributed by atoms with Gasteiger partial charge < -0.3 is 19.1 Å². The van der Waals surface area contributed by atoms with Crippen molar-refractivity contribution in [2.75, 3.05) is 7.11 Å². The highest BCUT2D eigenvalue weighted by molar-refractivity contribution is 7.13. The van der Waals surface area contributed by atoms with Crippen molar-refractivity contribution < 1.29 is 19.4 Å². The number of rotatable bonds is 9. The molecule has 7 heteroatoms. The Morgan fingerprint density at radius 3 is 2.61 bits per heavy atom. The summed E-state index contributed by atoms with van der Waals surface area (Å²) in [6.45, 7) is 2.88. The molecule has 0 bridgehead atoms. The van der Waals surface area contributed by atoms with Crippen LogP contribution in [0.2, 0.25) is 0 Å². The van der Waals surface area contributed by atoms with Gasteiger partial charge in [-0.1, -0.05) is 48.5 Å². The van der Waals surface area contributed by atoms with E-state index in [2.05, 4.69) is 4.57 Å². The molecule has 0 saturated carbocycles. The Balaban J connectivity index is 1.43. The van der Waals surface area contributed by atoms with Gasteiger partial charge >= 0.3 is 5.97 Å². The van der Waals surface area contributed by atoms with Gasteiger partial charge in [0.05, 0.1) is 25.8 Å². The van der Waals surface area contributed by atoms with Gasteiger partial charge in [-0.2, -0.15) is 0 Å². The lowest BCUT2D eigenvalue weighted by molar-refractivity contribution is -0.136. The summed E-state index contributed by atoms with van der Waals surface area (Å²) in [5.74, 6) is 0.617. The minimum atomic E-state index is -0.864. The molecule has 0 amide bonds. The Kier molecular flexibility index (Phi) is 6.73. The Morgan fingerprint density at radius 1 is 1.06 bits per heavy atom. The molecule has 36 heavy (non-hydrogen) atoms. The number of fused-ring (bicyclic) bond motifs is 1. The molecule has 5 rings (SSSR count). The first-order chi connectivity index (χ1) is 17.5. The van der Waals surface area contributed by atoms with E-state index in [0.717, 1.165) is 49.7 Å². The Bertz CT molecular complexity index is 1520. The lowest BCUT2D eigenvalue weighted by atomic mass is 10.1. The van der Waals surface area contributed by atoms with Crippen molar-refractivity contribution >= 4 is 28.2 Å². The van der Waals surface area contributed by atoms with Crippen molar-refractivity contribution in [3.63, 3.8) is 0 Å². The molecule has 3 aromatic carbocycles. The third-order valence-electron chi connectivity index (χ3n) is 6.23. The maximum Gasteiger partial charge on any atom is 0.307 e. The summed E-state index contributed by atoms with van der Waals surface area (Å²) in [5, 5.41) is 13.4. The maximum atomic E-state index is 11.7. The summed E-state index contributed by atoms with van der Waals surface area (Å²) in [6, 6.07) is 23.8. The molecule has 0 fully saturated rings. The number of aromatic nitrogens is 2. The number of carbonyl (C=O) groups is 1. The number of hydrogen-bond acceptors (Lipinski definition) is 5. The molecule has 0 radical (unpaired) electrons. The van der Waals surface area contributed by atoms with Crippen molar-refractivity contribution in [1.82, 2.24) is 9.55 Å². The van der Waals surface area contributed by atoms with Gasteiger partial charge in [-0.3, -0.25) is 4.79 Å². The predicted molar refractivity (Wildman–Crippen MR) is 142 cm³/mol. The van der Waals surface area contributed by atoms with Crippen LogP contribution < -0.4 is 9.47 Å². The highest BCUT2D eigenvalue weighted by Gasteiger charge is 2.18. The zero-order valence-electron chi connectivity index (χ0n) is 20.1. The summed E-state index contributed by atoms with van der Waals surface area (Å²) in [5.41, 5.74) is 5.64. The van der Waals surface area contributed by atoms with E-state index in [1.165, 1.54) is 0 Å². The van der Waals surface area contributed by atoms with Crippen LogP contribution in [-0.4, -0.2) is 27.7 Å². The lowest BCUT2D eigenvalue weighted by Crippen LogP contribution is -2.06. The van der Waals surface area contributed by atoms with E-state index in [9.17, 15) is 9.90 Å². The second-order valence-electron chi connectivity index (χ2n) is 8.51. The molecule has 0 unspecified atom stereocenters. The predicted octanol–water partition coefficient (Wildman–Crippen LogP) is 6.34. The summed E-state index contributed by atoms with van der Waals surface area (Å²) >= 11 is 1.59. The van der Waals surface area contributed by atoms with E-state index < -0.39 is 5.97 Å². The maximum absolute atomic E-state index is 11.7. The number of benzene rings is 3. The average Bonchev–Trinajstić information content (AvgIpc) is 3.47. The molecule has 0 aliphatic heterocycles. The third-order valence-corrected chi connectivity index (χ3v) is 7.17. The normalized spacial score (nSPS) is 11.1. The van der Waals surface area contributed by atoms with Crippen molar-refractivity contribution in [2.24, 2.45) is 0 Å². The highest BCUT2D eigenvalue weighted by atomic mass is 32.1. The SMILES string of the molecule is COc1ccccc1Cn1c(C)c(CC(=O)O)c2cc(OCc3csc(-c4ccccc4)n3)ccc21. The number of hydrogen-bond donors (Lipinski definition) is 1. The highest BCUT2D eigenvalue weighted by Crippen LogP contribution is 2.32. The average molecular weight is 499 g/mol. The standard InChI is InChI=1S/C29H26N2O4S/c1-19-24(15-28(32)33)25-14-23(35-17-22-18-36-29(30-22)20-8-4-3-5-9-20)12-13-26(25)31(19)16-21-10-6-7-11-27(21)34-2/h3-14,18H,15-17H2,1-2H3,(H,32,33). The molecule has 5 aromatic rings. The molecule has 0 atom stereocenters. The van der Waals surface area contributed by atoms with Crippen LogP contribution in [0.4, 0.5) is 0 Å². The number of aliphatic carboxylic acids is 1. The summed E-state index contributed by atoms with van der Waals surface area (Å²) in [6.07, 6.45) is -0.0583. The van der Waals surface area contributed by atoms with Crippen LogP contribution in [-0.2, 0) is 24.4 Å². The number of thiazole rings is 1.